The monoisotopic (exact) mass is 437 g/mol. The maximum Gasteiger partial charge on any atom is 0.243 e. The second-order valence-electron chi connectivity index (χ2n) is 7.46. The highest BCUT2D eigenvalue weighted by molar-refractivity contribution is 7.89. The largest absolute Gasteiger partial charge is 0.395 e. The minimum absolute atomic E-state index is 0.0152. The normalized spacial score (nSPS) is 23.1. The average Bonchev–Trinajstić information content (AvgIpc) is 3.18. The Kier molecular flexibility index (Phi) is 7.24. The third kappa shape index (κ3) is 5.07. The number of benzene rings is 1. The van der Waals surface area contributed by atoms with Crippen molar-refractivity contribution in [2.24, 2.45) is 5.92 Å². The van der Waals surface area contributed by atoms with E-state index in [-0.39, 0.29) is 29.9 Å². The van der Waals surface area contributed by atoms with Crippen LogP contribution in [0.3, 0.4) is 0 Å². The summed E-state index contributed by atoms with van der Waals surface area (Å²) in [5.74, 6) is -0.714. The van der Waals surface area contributed by atoms with Gasteiger partial charge in [-0.15, -0.1) is 0 Å². The van der Waals surface area contributed by atoms with Crippen molar-refractivity contribution in [3.05, 3.63) is 36.9 Å². The lowest BCUT2D eigenvalue weighted by atomic mass is 9.99. The average molecular weight is 438 g/mol. The molecule has 30 heavy (non-hydrogen) atoms. The van der Waals surface area contributed by atoms with Gasteiger partial charge in [-0.05, 0) is 43.5 Å². The van der Waals surface area contributed by atoms with Gasteiger partial charge in [0.1, 0.15) is 0 Å². The molecule has 9 nitrogen and oxygen atoms in total. The summed E-state index contributed by atoms with van der Waals surface area (Å²) in [7, 11) is -3.93. The fraction of sp³-hybridized carbons (Fsp3) is 0.500. The van der Waals surface area contributed by atoms with Crippen molar-refractivity contribution in [2.75, 3.05) is 31.7 Å². The molecular weight excluding hydrogens is 410 g/mol. The zero-order chi connectivity index (χ0) is 21.7. The minimum atomic E-state index is -3.93. The van der Waals surface area contributed by atoms with E-state index in [0.717, 1.165) is 6.08 Å². The van der Waals surface area contributed by atoms with Crippen molar-refractivity contribution in [3.8, 4) is 0 Å². The lowest BCUT2D eigenvalue weighted by molar-refractivity contribution is -0.122. The molecule has 2 heterocycles. The molecule has 1 aromatic rings. The number of aliphatic hydroxyl groups excluding tert-OH is 1. The summed E-state index contributed by atoms with van der Waals surface area (Å²) >= 11 is 0. The van der Waals surface area contributed by atoms with E-state index in [9.17, 15) is 23.1 Å². The Labute approximate surface area is 176 Å². The van der Waals surface area contributed by atoms with E-state index in [0.29, 0.717) is 38.2 Å². The number of carbonyl (C=O) groups excluding carboxylic acids is 2. The summed E-state index contributed by atoms with van der Waals surface area (Å²) in [6.07, 6.45) is 2.69. The van der Waals surface area contributed by atoms with Gasteiger partial charge in [-0.2, -0.15) is 4.31 Å². The molecule has 0 radical (unpaired) electrons. The molecule has 2 amide bonds. The van der Waals surface area contributed by atoms with E-state index in [4.69, 9.17) is 4.74 Å². The first-order valence-corrected chi connectivity index (χ1v) is 11.3. The zero-order valence-electron chi connectivity index (χ0n) is 16.6. The molecule has 0 spiro atoms. The molecule has 2 aliphatic heterocycles. The van der Waals surface area contributed by atoms with Crippen LogP contribution in [-0.4, -0.2) is 68.1 Å². The van der Waals surface area contributed by atoms with Crippen molar-refractivity contribution in [1.82, 2.24) is 9.62 Å². The maximum absolute atomic E-state index is 13.2. The highest BCUT2D eigenvalue weighted by atomic mass is 32.2. The number of anilines is 1. The quantitative estimate of drug-likeness (QED) is 0.533. The molecule has 0 aliphatic carbocycles. The minimum Gasteiger partial charge on any atom is -0.395 e. The second kappa shape index (κ2) is 9.69. The lowest BCUT2D eigenvalue weighted by Crippen LogP contribution is -2.39. The standard InChI is InChI=1S/C20H27N3O6S/c1-2-19(25)21-16-10-17(13-24)23(12-16)30(27,28)18-5-3-4-15(11-18)22-20(26)14-6-8-29-9-7-14/h2-5,11,14,16-17,24H,1,6-10,12-13H2,(H,21,25)(H,22,26). The second-order valence-corrected chi connectivity index (χ2v) is 9.35. The van der Waals surface area contributed by atoms with Crippen molar-refractivity contribution in [3.63, 3.8) is 0 Å². The predicted octanol–water partition coefficient (Wildman–Crippen LogP) is 0.478. The summed E-state index contributed by atoms with van der Waals surface area (Å²) < 4.78 is 32.9. The van der Waals surface area contributed by atoms with Crippen molar-refractivity contribution in [1.29, 1.82) is 0 Å². The van der Waals surface area contributed by atoms with E-state index in [1.807, 2.05) is 0 Å². The Balaban J connectivity index is 1.75. The summed E-state index contributed by atoms with van der Waals surface area (Å²) in [6.45, 7) is 4.15. The SMILES string of the molecule is C=CC(=O)NC1CC(CO)N(S(=O)(=O)c2cccc(NC(=O)C3CCOCC3)c2)C1. The van der Waals surface area contributed by atoms with Gasteiger partial charge < -0.3 is 20.5 Å². The summed E-state index contributed by atoms with van der Waals surface area (Å²) in [4.78, 5) is 24.0. The molecule has 0 saturated carbocycles. The van der Waals surface area contributed by atoms with Gasteiger partial charge in [-0.25, -0.2) is 8.42 Å². The third-order valence-electron chi connectivity index (χ3n) is 5.41. The maximum atomic E-state index is 13.2. The lowest BCUT2D eigenvalue weighted by Gasteiger charge is -2.23. The van der Waals surface area contributed by atoms with Crippen LogP contribution in [0.5, 0.6) is 0 Å². The first-order valence-electron chi connectivity index (χ1n) is 9.89. The fourth-order valence-corrected chi connectivity index (χ4v) is 5.50. The Morgan fingerprint density at radius 3 is 2.70 bits per heavy atom. The molecule has 10 heteroatoms. The number of aliphatic hydroxyl groups is 1. The van der Waals surface area contributed by atoms with Gasteiger partial charge in [0.15, 0.2) is 0 Å². The molecule has 2 atom stereocenters. The van der Waals surface area contributed by atoms with Crippen molar-refractivity contribution < 1.29 is 27.9 Å². The van der Waals surface area contributed by atoms with Gasteiger partial charge in [-0.1, -0.05) is 12.6 Å². The number of hydrogen-bond donors (Lipinski definition) is 3. The van der Waals surface area contributed by atoms with E-state index in [2.05, 4.69) is 17.2 Å². The number of hydrogen-bond acceptors (Lipinski definition) is 6. The van der Waals surface area contributed by atoms with Crippen LogP contribution in [0.15, 0.2) is 41.8 Å². The molecule has 3 N–H and O–H groups in total. The van der Waals surface area contributed by atoms with Crippen LogP contribution in [0.1, 0.15) is 19.3 Å². The molecule has 0 bridgehead atoms. The zero-order valence-corrected chi connectivity index (χ0v) is 17.4. The molecule has 2 unspecified atom stereocenters. The van der Waals surface area contributed by atoms with Crippen LogP contribution in [-0.2, 0) is 24.3 Å². The smallest absolute Gasteiger partial charge is 0.243 e. The number of sulfonamides is 1. The molecule has 2 fully saturated rings. The number of carbonyl (C=O) groups is 2. The van der Waals surface area contributed by atoms with Gasteiger partial charge >= 0.3 is 0 Å². The number of amides is 2. The van der Waals surface area contributed by atoms with E-state index in [1.54, 1.807) is 12.1 Å². The van der Waals surface area contributed by atoms with Crippen LogP contribution in [0.4, 0.5) is 5.69 Å². The van der Waals surface area contributed by atoms with Crippen LogP contribution in [0.2, 0.25) is 0 Å². The Hall–Kier alpha value is -2.27. The Morgan fingerprint density at radius 1 is 1.30 bits per heavy atom. The van der Waals surface area contributed by atoms with Crippen LogP contribution < -0.4 is 10.6 Å². The molecule has 2 aliphatic rings. The predicted molar refractivity (Wildman–Crippen MR) is 110 cm³/mol. The molecule has 164 valence electrons. The molecule has 3 rings (SSSR count). The topological polar surface area (TPSA) is 125 Å². The number of rotatable bonds is 7. The molecule has 2 saturated heterocycles. The highest BCUT2D eigenvalue weighted by Crippen LogP contribution is 2.28. The fourth-order valence-electron chi connectivity index (χ4n) is 3.79. The highest BCUT2D eigenvalue weighted by Gasteiger charge is 2.40. The number of nitrogens with one attached hydrogen (secondary N) is 2. The van der Waals surface area contributed by atoms with Crippen molar-refractivity contribution >= 4 is 27.5 Å². The molecule has 1 aromatic carbocycles. The van der Waals surface area contributed by atoms with E-state index < -0.39 is 28.0 Å². The molecule has 0 aromatic heterocycles. The van der Waals surface area contributed by atoms with Gasteiger partial charge in [0.05, 0.1) is 17.5 Å². The molecular formula is C20H27N3O6S. The van der Waals surface area contributed by atoms with Crippen molar-refractivity contribution in [2.45, 2.75) is 36.2 Å². The number of nitrogens with zero attached hydrogens (tertiary/aromatic N) is 1. The summed E-state index contributed by atoms with van der Waals surface area (Å²) in [6, 6.07) is 4.99. The number of ether oxygens (including phenoxy) is 1. The first kappa shape index (κ1) is 22.4. The van der Waals surface area contributed by atoms with Crippen LogP contribution >= 0.6 is 0 Å². The van der Waals surface area contributed by atoms with Gasteiger partial charge in [0.2, 0.25) is 21.8 Å². The van der Waals surface area contributed by atoms with Crippen LogP contribution in [0.25, 0.3) is 0 Å². The first-order chi connectivity index (χ1) is 14.3. The Bertz CT molecular complexity index is 898. The summed E-state index contributed by atoms with van der Waals surface area (Å²) in [5, 5.41) is 15.1. The Morgan fingerprint density at radius 2 is 2.03 bits per heavy atom. The van der Waals surface area contributed by atoms with Crippen LogP contribution in [0, 0.1) is 5.92 Å². The third-order valence-corrected chi connectivity index (χ3v) is 7.32. The van der Waals surface area contributed by atoms with Gasteiger partial charge in [0.25, 0.3) is 0 Å². The van der Waals surface area contributed by atoms with Gasteiger partial charge in [0, 0.05) is 37.4 Å². The van der Waals surface area contributed by atoms with E-state index >= 15 is 0 Å². The summed E-state index contributed by atoms with van der Waals surface area (Å²) in [5.41, 5.74) is 0.392. The van der Waals surface area contributed by atoms with E-state index in [1.165, 1.54) is 16.4 Å². The van der Waals surface area contributed by atoms with Gasteiger partial charge in [-0.3, -0.25) is 9.59 Å².